The maximum Gasteiger partial charge on any atom is 0.257 e. The van der Waals surface area contributed by atoms with Crippen LogP contribution in [0.15, 0.2) is 42.7 Å². The Morgan fingerprint density at radius 1 is 0.942 bits per heavy atom. The predicted octanol–water partition coefficient (Wildman–Crippen LogP) is 2.78. The molecule has 1 aromatic carbocycles. The number of hydrogen-bond acceptors (Lipinski definition) is 7. The number of amides is 4. The first-order valence-electron chi connectivity index (χ1n) is 19.5. The van der Waals surface area contributed by atoms with E-state index in [1.807, 2.05) is 47.1 Å². The highest BCUT2D eigenvalue weighted by Crippen LogP contribution is 2.54. The fourth-order valence-electron chi connectivity index (χ4n) is 9.49. The van der Waals surface area contributed by atoms with Crippen molar-refractivity contribution in [3.05, 3.63) is 53.9 Å². The molecule has 52 heavy (non-hydrogen) atoms. The van der Waals surface area contributed by atoms with Crippen molar-refractivity contribution in [2.75, 3.05) is 59.0 Å². The van der Waals surface area contributed by atoms with E-state index in [1.54, 1.807) is 22.0 Å². The molecule has 4 atom stereocenters. The van der Waals surface area contributed by atoms with Gasteiger partial charge in [0.1, 0.15) is 6.04 Å². The van der Waals surface area contributed by atoms with Gasteiger partial charge in [0.25, 0.3) is 5.91 Å². The van der Waals surface area contributed by atoms with Crippen molar-refractivity contribution in [3.8, 4) is 0 Å². The van der Waals surface area contributed by atoms with Crippen molar-refractivity contribution in [1.29, 1.82) is 0 Å². The van der Waals surface area contributed by atoms with Crippen LogP contribution in [0.4, 0.5) is 0 Å². The number of nitrogens with zero attached hydrogens (tertiary/aromatic N) is 5. The zero-order valence-corrected chi connectivity index (χ0v) is 31.0. The van der Waals surface area contributed by atoms with Crippen LogP contribution in [0.5, 0.6) is 0 Å². The fourth-order valence-corrected chi connectivity index (χ4v) is 9.49. The van der Waals surface area contributed by atoms with Crippen LogP contribution in [0.2, 0.25) is 0 Å². The number of carbonyl (C=O) groups is 4. The first-order valence-corrected chi connectivity index (χ1v) is 19.5. The lowest BCUT2D eigenvalue weighted by atomic mass is 9.70. The Morgan fingerprint density at radius 2 is 1.63 bits per heavy atom. The molecule has 1 aromatic heterocycles. The van der Waals surface area contributed by atoms with E-state index in [0.717, 1.165) is 37.9 Å². The average Bonchev–Trinajstić information content (AvgIpc) is 3.39. The minimum absolute atomic E-state index is 0.000521. The number of aromatic nitrogens is 2. The summed E-state index contributed by atoms with van der Waals surface area (Å²) in [6.45, 7) is 11.9. The van der Waals surface area contributed by atoms with Crippen molar-refractivity contribution >= 4 is 23.6 Å². The van der Waals surface area contributed by atoms with Crippen molar-refractivity contribution in [3.63, 3.8) is 0 Å². The van der Waals surface area contributed by atoms with Crippen molar-refractivity contribution < 1.29 is 23.9 Å². The maximum atomic E-state index is 14.5. The molecule has 2 spiro atoms. The second-order valence-corrected chi connectivity index (χ2v) is 17.8. The van der Waals surface area contributed by atoms with Gasteiger partial charge >= 0.3 is 0 Å². The number of nitrogens with one attached hydrogen (secondary N) is 2. The normalized spacial score (nSPS) is 26.6. The highest BCUT2D eigenvalue weighted by atomic mass is 16.5. The standard InChI is InChI=1S/C40H55N7O5/c1-27(52-19-29-12-8-5-9-13-29)33(37(51)45-22-39(23-45)20-41-21-39)43-34(48)32-18-44(24-40(32)25-46(26-40)36(50)31-14-38(31,2)3)35(49)30-15-42-47(17-30)16-28-10-6-4-7-11-28/h4,6-7,10-11,15,17,27,29,31-33,41H,5,8-9,12-14,16,18-26H2,1-3H3,(H,43,48)/t27-,31-,32+,33+/m1/s1. The van der Waals surface area contributed by atoms with Gasteiger partial charge in [0.15, 0.2) is 0 Å². The molecule has 4 aliphatic heterocycles. The average molecular weight is 714 g/mol. The Labute approximate surface area is 307 Å². The minimum atomic E-state index is -0.829. The zero-order valence-electron chi connectivity index (χ0n) is 31.0. The lowest BCUT2D eigenvalue weighted by molar-refractivity contribution is -0.157. The van der Waals surface area contributed by atoms with Crippen LogP contribution in [-0.2, 0) is 25.7 Å². The molecular formula is C40H55N7O5. The van der Waals surface area contributed by atoms with E-state index in [4.69, 9.17) is 4.74 Å². The van der Waals surface area contributed by atoms with Crippen LogP contribution in [0.1, 0.15) is 75.2 Å². The van der Waals surface area contributed by atoms with Crippen LogP contribution in [0, 0.1) is 34.0 Å². The topological polar surface area (TPSA) is 129 Å². The molecule has 2 aliphatic carbocycles. The van der Waals surface area contributed by atoms with Crippen LogP contribution in [0.25, 0.3) is 0 Å². The fraction of sp³-hybridized carbons (Fsp3) is 0.675. The first kappa shape index (κ1) is 35.3. The van der Waals surface area contributed by atoms with Crippen molar-refractivity contribution in [1.82, 2.24) is 35.1 Å². The number of likely N-dealkylation sites (tertiary alicyclic amines) is 3. The Morgan fingerprint density at radius 3 is 2.29 bits per heavy atom. The lowest BCUT2D eigenvalue weighted by Crippen LogP contribution is -2.74. The van der Waals surface area contributed by atoms with Gasteiger partial charge in [-0.15, -0.1) is 0 Å². The molecule has 0 radical (unpaired) electrons. The molecule has 2 saturated carbocycles. The molecule has 4 amide bonds. The van der Waals surface area contributed by atoms with Gasteiger partial charge in [-0.2, -0.15) is 5.10 Å². The smallest absolute Gasteiger partial charge is 0.257 e. The number of carbonyl (C=O) groups excluding carboxylic acids is 4. The molecule has 280 valence electrons. The van der Waals surface area contributed by atoms with Gasteiger partial charge in [0.2, 0.25) is 17.7 Å². The Kier molecular flexibility index (Phi) is 9.21. The molecule has 0 unspecified atom stereocenters. The van der Waals surface area contributed by atoms with Gasteiger partial charge in [-0.05, 0) is 43.1 Å². The molecule has 2 N–H and O–H groups in total. The highest BCUT2D eigenvalue weighted by Gasteiger charge is 2.62. The second kappa shape index (κ2) is 13.6. The monoisotopic (exact) mass is 713 g/mol. The third-order valence-electron chi connectivity index (χ3n) is 13.2. The summed E-state index contributed by atoms with van der Waals surface area (Å²) in [5, 5.41) is 11.0. The molecule has 0 bridgehead atoms. The van der Waals surface area contributed by atoms with Gasteiger partial charge in [-0.1, -0.05) is 63.4 Å². The SMILES string of the molecule is C[C@@H](OCC1CCCCC1)[C@H](NC(=O)[C@@H]1CN(C(=O)c2cnn(Cc3ccccc3)c2)CC12CN(C(=O)[C@H]1CC1(C)C)C2)C(=O)N1CC2(CNC2)C1. The Balaban J connectivity index is 0.991. The summed E-state index contributed by atoms with van der Waals surface area (Å²) in [6, 6.07) is 9.13. The van der Waals surface area contributed by atoms with E-state index in [1.165, 1.54) is 19.3 Å². The number of hydrogen-bond donors (Lipinski definition) is 2. The third-order valence-corrected chi connectivity index (χ3v) is 13.2. The summed E-state index contributed by atoms with van der Waals surface area (Å²) >= 11 is 0. The summed E-state index contributed by atoms with van der Waals surface area (Å²) in [5.74, 6) is -0.500. The van der Waals surface area contributed by atoms with Crippen LogP contribution in [0.3, 0.4) is 0 Å². The number of ether oxygens (including phenoxy) is 1. The third kappa shape index (κ3) is 6.77. The Bertz CT molecular complexity index is 1670. The van der Waals surface area contributed by atoms with E-state index < -0.39 is 23.5 Å². The molecule has 12 nitrogen and oxygen atoms in total. The summed E-state index contributed by atoms with van der Waals surface area (Å²) in [4.78, 5) is 61.6. The largest absolute Gasteiger partial charge is 0.376 e. The summed E-state index contributed by atoms with van der Waals surface area (Å²) in [7, 11) is 0. The van der Waals surface area contributed by atoms with E-state index in [9.17, 15) is 19.2 Å². The molecule has 5 heterocycles. The molecule has 6 aliphatic rings. The zero-order chi connectivity index (χ0) is 36.3. The lowest BCUT2D eigenvalue weighted by Gasteiger charge is -2.56. The van der Waals surface area contributed by atoms with Gasteiger partial charge in [0, 0.05) is 81.9 Å². The summed E-state index contributed by atoms with van der Waals surface area (Å²) < 4.78 is 8.15. The second-order valence-electron chi connectivity index (χ2n) is 17.8. The summed E-state index contributed by atoms with van der Waals surface area (Å²) in [5.41, 5.74) is 1.11. The highest BCUT2D eigenvalue weighted by molar-refractivity contribution is 5.96. The predicted molar refractivity (Wildman–Crippen MR) is 194 cm³/mol. The number of benzene rings is 1. The number of rotatable bonds is 11. The van der Waals surface area contributed by atoms with E-state index in [2.05, 4.69) is 29.6 Å². The molecule has 6 fully saturated rings. The van der Waals surface area contributed by atoms with Gasteiger partial charge in [-0.3, -0.25) is 23.9 Å². The Hall–Kier alpha value is -3.77. The van der Waals surface area contributed by atoms with Crippen LogP contribution in [-0.4, -0.2) is 119 Å². The molecule has 8 rings (SSSR count). The molecule has 12 heteroatoms. The first-order chi connectivity index (χ1) is 24.9. The molecular weight excluding hydrogens is 658 g/mol. The van der Waals surface area contributed by atoms with E-state index in [-0.39, 0.29) is 46.9 Å². The van der Waals surface area contributed by atoms with Crippen molar-refractivity contribution in [2.24, 2.45) is 34.0 Å². The molecule has 4 saturated heterocycles. The maximum absolute atomic E-state index is 14.5. The van der Waals surface area contributed by atoms with E-state index >= 15 is 0 Å². The van der Waals surface area contributed by atoms with Crippen LogP contribution >= 0.6 is 0 Å². The van der Waals surface area contributed by atoms with Gasteiger partial charge in [0.05, 0.1) is 30.3 Å². The van der Waals surface area contributed by atoms with Gasteiger partial charge in [-0.25, -0.2) is 0 Å². The van der Waals surface area contributed by atoms with Crippen LogP contribution < -0.4 is 10.6 Å². The summed E-state index contributed by atoms with van der Waals surface area (Å²) in [6.07, 6.45) is 9.65. The van der Waals surface area contributed by atoms with E-state index in [0.29, 0.717) is 57.4 Å². The minimum Gasteiger partial charge on any atom is -0.376 e. The van der Waals surface area contributed by atoms with Gasteiger partial charge < -0.3 is 30.1 Å². The molecule has 2 aromatic rings. The quantitative estimate of drug-likeness (QED) is 0.367. The van der Waals surface area contributed by atoms with Crippen molar-refractivity contribution in [2.45, 2.75) is 78.0 Å².